The van der Waals surface area contributed by atoms with Crippen LogP contribution in [0.4, 0.5) is 13.2 Å². The molecule has 0 fully saturated rings. The first kappa shape index (κ1) is 14.7. The van der Waals surface area contributed by atoms with Crippen molar-refractivity contribution in [2.45, 2.75) is 31.5 Å². The fraction of sp³-hybridized carbons (Fsp3) is 0.750. The van der Waals surface area contributed by atoms with Crippen molar-refractivity contribution in [3.63, 3.8) is 0 Å². The van der Waals surface area contributed by atoms with Gasteiger partial charge < -0.3 is 15.5 Å². The quantitative estimate of drug-likeness (QED) is 0.647. The Hall–Kier alpha value is -1.31. The van der Waals surface area contributed by atoms with E-state index in [0.29, 0.717) is 0 Å². The number of hydrogen-bond acceptors (Lipinski definition) is 3. The molecule has 0 saturated carbocycles. The van der Waals surface area contributed by atoms with Crippen LogP contribution in [0.5, 0.6) is 0 Å². The van der Waals surface area contributed by atoms with E-state index in [1.807, 2.05) is 5.32 Å². The third-order valence-electron chi connectivity index (χ3n) is 1.73. The van der Waals surface area contributed by atoms with Gasteiger partial charge in [0, 0.05) is 6.42 Å². The Balaban J connectivity index is 3.96. The molecule has 8 heteroatoms. The molecule has 0 bridgehead atoms. The fourth-order valence-electron chi connectivity index (χ4n) is 0.690. The minimum atomic E-state index is -4.44. The molecule has 0 saturated heterocycles. The van der Waals surface area contributed by atoms with E-state index in [1.165, 1.54) is 0 Å². The van der Waals surface area contributed by atoms with Gasteiger partial charge >= 0.3 is 12.1 Å². The van der Waals surface area contributed by atoms with Crippen molar-refractivity contribution in [3.8, 4) is 0 Å². The van der Waals surface area contributed by atoms with Crippen molar-refractivity contribution in [3.05, 3.63) is 0 Å². The number of alkyl halides is 3. The lowest BCUT2D eigenvalue weighted by Gasteiger charge is -2.18. The predicted molar refractivity (Wildman–Crippen MR) is 46.6 cm³/mol. The second kappa shape index (κ2) is 5.15. The average molecular weight is 243 g/mol. The highest BCUT2D eigenvalue weighted by Crippen LogP contribution is 2.20. The van der Waals surface area contributed by atoms with Crippen LogP contribution in [-0.4, -0.2) is 40.4 Å². The van der Waals surface area contributed by atoms with Crippen molar-refractivity contribution < 1.29 is 33.0 Å². The van der Waals surface area contributed by atoms with Crippen LogP contribution in [0.2, 0.25) is 0 Å². The Labute approximate surface area is 89.3 Å². The fourth-order valence-corrected chi connectivity index (χ4v) is 0.690. The molecular weight excluding hydrogens is 231 g/mol. The zero-order valence-corrected chi connectivity index (χ0v) is 8.47. The largest absolute Gasteiger partial charge is 0.479 e. The minimum absolute atomic E-state index is 0.640. The third kappa shape index (κ3) is 6.23. The summed E-state index contributed by atoms with van der Waals surface area (Å²) in [5.74, 6) is -2.53. The topological polar surface area (TPSA) is 86.6 Å². The van der Waals surface area contributed by atoms with Gasteiger partial charge in [0.05, 0.1) is 13.0 Å². The summed E-state index contributed by atoms with van der Waals surface area (Å²) in [5.41, 5.74) is -2.19. The van der Waals surface area contributed by atoms with Crippen molar-refractivity contribution in [2.24, 2.45) is 0 Å². The van der Waals surface area contributed by atoms with Gasteiger partial charge in [-0.15, -0.1) is 0 Å². The summed E-state index contributed by atoms with van der Waals surface area (Å²) in [6, 6.07) is 0. The average Bonchev–Trinajstić information content (AvgIpc) is 2.10. The summed E-state index contributed by atoms with van der Waals surface area (Å²) >= 11 is 0. The summed E-state index contributed by atoms with van der Waals surface area (Å²) in [5, 5.41) is 19.5. The molecule has 16 heavy (non-hydrogen) atoms. The minimum Gasteiger partial charge on any atom is -0.479 e. The Morgan fingerprint density at radius 2 is 1.81 bits per heavy atom. The zero-order valence-electron chi connectivity index (χ0n) is 8.47. The normalized spacial score (nSPS) is 15.3. The van der Waals surface area contributed by atoms with E-state index in [0.717, 1.165) is 6.92 Å². The summed E-state index contributed by atoms with van der Waals surface area (Å²) in [7, 11) is 0. The molecule has 0 heterocycles. The van der Waals surface area contributed by atoms with Gasteiger partial charge in [0.15, 0.2) is 5.60 Å². The molecule has 0 aromatic heterocycles. The van der Waals surface area contributed by atoms with Gasteiger partial charge in [-0.25, -0.2) is 4.79 Å². The van der Waals surface area contributed by atoms with E-state index in [1.54, 1.807) is 0 Å². The molecule has 0 aliphatic carbocycles. The molecule has 0 aromatic carbocycles. The number of carbonyl (C=O) groups is 2. The van der Waals surface area contributed by atoms with E-state index < -0.39 is 43.0 Å². The molecule has 1 amide bonds. The third-order valence-corrected chi connectivity index (χ3v) is 1.73. The lowest BCUT2D eigenvalue weighted by molar-refractivity contribution is -0.157. The second-order valence-corrected chi connectivity index (χ2v) is 3.47. The highest BCUT2D eigenvalue weighted by atomic mass is 19.4. The first-order chi connectivity index (χ1) is 7.04. The van der Waals surface area contributed by atoms with E-state index in [9.17, 15) is 22.8 Å². The van der Waals surface area contributed by atoms with Gasteiger partial charge in [-0.05, 0) is 6.92 Å². The number of aliphatic carboxylic acids is 1. The number of nitrogens with one attached hydrogen (secondary N) is 1. The molecule has 0 aliphatic heterocycles. The van der Waals surface area contributed by atoms with Crippen LogP contribution in [0, 0.1) is 0 Å². The van der Waals surface area contributed by atoms with Gasteiger partial charge in [0.1, 0.15) is 0 Å². The number of carboxylic acid groups (broad SMARTS) is 1. The van der Waals surface area contributed by atoms with Gasteiger partial charge in [0.25, 0.3) is 0 Å². The summed E-state index contributed by atoms with van der Waals surface area (Å²) in [6.45, 7) is 0.290. The predicted octanol–water partition coefficient (Wildman–Crippen LogP) is 0.281. The van der Waals surface area contributed by atoms with Crippen LogP contribution >= 0.6 is 0 Å². The van der Waals surface area contributed by atoms with Gasteiger partial charge in [-0.3, -0.25) is 4.79 Å². The molecule has 0 rings (SSSR count). The number of halogens is 3. The lowest BCUT2D eigenvalue weighted by atomic mass is 10.1. The Morgan fingerprint density at radius 1 is 1.31 bits per heavy atom. The molecular formula is C8H12F3NO4. The molecule has 5 nitrogen and oxygen atoms in total. The van der Waals surface area contributed by atoms with Crippen LogP contribution in [0.15, 0.2) is 0 Å². The maximum absolute atomic E-state index is 11.7. The second-order valence-electron chi connectivity index (χ2n) is 3.47. The van der Waals surface area contributed by atoms with Crippen LogP contribution in [0.25, 0.3) is 0 Å². The van der Waals surface area contributed by atoms with E-state index in [4.69, 9.17) is 10.2 Å². The monoisotopic (exact) mass is 243 g/mol. The first-order valence-electron chi connectivity index (χ1n) is 4.34. The van der Waals surface area contributed by atoms with Crippen LogP contribution in [-0.2, 0) is 9.59 Å². The molecule has 94 valence electrons. The molecule has 0 aromatic rings. The maximum atomic E-state index is 11.7. The molecule has 0 aliphatic rings. The van der Waals surface area contributed by atoms with Crippen molar-refractivity contribution in [1.82, 2.24) is 5.32 Å². The van der Waals surface area contributed by atoms with Crippen molar-refractivity contribution in [1.29, 1.82) is 0 Å². The number of hydrogen-bond donors (Lipinski definition) is 3. The number of aliphatic hydroxyl groups is 1. The maximum Gasteiger partial charge on any atom is 0.389 e. The SMILES string of the molecule is CC(O)(CNC(=O)CCC(F)(F)F)C(=O)O. The highest BCUT2D eigenvalue weighted by molar-refractivity contribution is 5.80. The number of rotatable bonds is 5. The molecule has 3 N–H and O–H groups in total. The van der Waals surface area contributed by atoms with E-state index in [-0.39, 0.29) is 0 Å². The standard InChI is InChI=1S/C8H12F3NO4/c1-7(16,6(14)15)4-12-5(13)2-3-8(9,10)11/h16H,2-4H2,1H3,(H,12,13)(H,14,15). The smallest absolute Gasteiger partial charge is 0.389 e. The van der Waals surface area contributed by atoms with E-state index in [2.05, 4.69) is 0 Å². The molecule has 0 spiro atoms. The highest BCUT2D eigenvalue weighted by Gasteiger charge is 2.31. The van der Waals surface area contributed by atoms with Crippen molar-refractivity contribution >= 4 is 11.9 Å². The van der Waals surface area contributed by atoms with Gasteiger partial charge in [-0.1, -0.05) is 0 Å². The summed E-state index contributed by atoms with van der Waals surface area (Å²) < 4.78 is 35.1. The molecule has 1 unspecified atom stereocenters. The van der Waals surface area contributed by atoms with Crippen LogP contribution < -0.4 is 5.32 Å². The van der Waals surface area contributed by atoms with Gasteiger partial charge in [0.2, 0.25) is 5.91 Å². The van der Waals surface area contributed by atoms with E-state index >= 15 is 0 Å². The lowest BCUT2D eigenvalue weighted by Crippen LogP contribution is -2.46. The molecule has 1 atom stereocenters. The summed E-state index contributed by atoms with van der Waals surface area (Å²) in [6.07, 6.45) is -6.51. The molecule has 0 radical (unpaired) electrons. The van der Waals surface area contributed by atoms with Crippen LogP contribution in [0.1, 0.15) is 19.8 Å². The first-order valence-corrected chi connectivity index (χ1v) is 4.34. The summed E-state index contributed by atoms with van der Waals surface area (Å²) in [4.78, 5) is 21.2. The van der Waals surface area contributed by atoms with Crippen molar-refractivity contribution in [2.75, 3.05) is 6.54 Å². The Bertz CT molecular complexity index is 275. The zero-order chi connectivity index (χ0) is 13.0. The number of carboxylic acids is 1. The Morgan fingerprint density at radius 3 is 2.19 bits per heavy atom. The Kier molecular flexibility index (Phi) is 4.73. The van der Waals surface area contributed by atoms with Gasteiger partial charge in [-0.2, -0.15) is 13.2 Å². The number of amides is 1. The number of carbonyl (C=O) groups excluding carboxylic acids is 1. The van der Waals surface area contributed by atoms with Crippen LogP contribution in [0.3, 0.4) is 0 Å².